The topological polar surface area (TPSA) is 75.8 Å². The van der Waals surface area contributed by atoms with E-state index in [-0.39, 0.29) is 6.54 Å². The standard InChI is InChI=1S/C21H20F2N2O3/c22-16-9-13(10-17(23)20(16)24)15-11-21(28-18-4-2-1-3-14(15)18)5-7-25(8-6-21)12-19(26)27/h1-4,9-11H,5-8,12,24H2,(H,26,27). The van der Waals surface area contributed by atoms with Crippen LogP contribution in [0.4, 0.5) is 14.5 Å². The molecule has 28 heavy (non-hydrogen) atoms. The van der Waals surface area contributed by atoms with Crippen LogP contribution in [0.25, 0.3) is 5.57 Å². The van der Waals surface area contributed by atoms with Gasteiger partial charge < -0.3 is 15.6 Å². The third kappa shape index (κ3) is 3.33. The molecule has 0 aliphatic carbocycles. The lowest BCUT2D eigenvalue weighted by Crippen LogP contribution is -2.49. The van der Waals surface area contributed by atoms with Crippen molar-refractivity contribution in [1.82, 2.24) is 4.90 Å². The van der Waals surface area contributed by atoms with E-state index in [9.17, 15) is 13.6 Å². The zero-order valence-electron chi connectivity index (χ0n) is 15.1. The van der Waals surface area contributed by atoms with E-state index in [1.165, 1.54) is 12.1 Å². The van der Waals surface area contributed by atoms with E-state index in [4.69, 9.17) is 15.6 Å². The van der Waals surface area contributed by atoms with Gasteiger partial charge in [-0.05, 0) is 35.4 Å². The molecule has 2 aliphatic heterocycles. The van der Waals surface area contributed by atoms with Crippen LogP contribution in [-0.2, 0) is 4.79 Å². The Morgan fingerprint density at radius 1 is 1.18 bits per heavy atom. The molecular weight excluding hydrogens is 366 g/mol. The molecule has 0 unspecified atom stereocenters. The normalized spacial score (nSPS) is 18.3. The zero-order valence-corrected chi connectivity index (χ0v) is 15.1. The molecule has 1 saturated heterocycles. The number of rotatable bonds is 3. The van der Waals surface area contributed by atoms with Gasteiger partial charge in [-0.3, -0.25) is 9.69 Å². The van der Waals surface area contributed by atoms with Gasteiger partial charge >= 0.3 is 5.97 Å². The largest absolute Gasteiger partial charge is 0.482 e. The van der Waals surface area contributed by atoms with Gasteiger partial charge in [-0.1, -0.05) is 18.2 Å². The van der Waals surface area contributed by atoms with Gasteiger partial charge in [0.05, 0.1) is 6.54 Å². The van der Waals surface area contributed by atoms with E-state index in [0.29, 0.717) is 42.8 Å². The summed E-state index contributed by atoms with van der Waals surface area (Å²) in [6.45, 7) is 1.10. The first kappa shape index (κ1) is 18.4. The number of hydrogen-bond acceptors (Lipinski definition) is 4. The molecule has 3 N–H and O–H groups in total. The van der Waals surface area contributed by atoms with Crippen molar-refractivity contribution >= 4 is 17.2 Å². The molecule has 2 aromatic carbocycles. The molecule has 0 bridgehead atoms. The molecule has 5 nitrogen and oxygen atoms in total. The number of anilines is 1. The van der Waals surface area contributed by atoms with Crippen molar-refractivity contribution in [2.75, 3.05) is 25.4 Å². The molecule has 2 aliphatic rings. The Bertz CT molecular complexity index is 943. The number of carboxylic acid groups (broad SMARTS) is 1. The second kappa shape index (κ2) is 6.91. The van der Waals surface area contributed by atoms with Gasteiger partial charge in [0.25, 0.3) is 0 Å². The molecule has 2 aromatic rings. The average Bonchev–Trinajstić information content (AvgIpc) is 2.67. The van der Waals surface area contributed by atoms with Crippen LogP contribution in [0.3, 0.4) is 0 Å². The summed E-state index contributed by atoms with van der Waals surface area (Å²) in [5, 5.41) is 9.00. The first-order chi connectivity index (χ1) is 13.4. The van der Waals surface area contributed by atoms with Crippen molar-refractivity contribution < 1.29 is 23.4 Å². The molecule has 7 heteroatoms. The summed E-state index contributed by atoms with van der Waals surface area (Å²) in [7, 11) is 0. The van der Waals surface area contributed by atoms with E-state index >= 15 is 0 Å². The Hall–Kier alpha value is -2.93. The number of carboxylic acids is 1. The Kier molecular flexibility index (Phi) is 4.55. The second-order valence-corrected chi connectivity index (χ2v) is 7.24. The minimum atomic E-state index is -0.866. The Morgan fingerprint density at radius 2 is 1.82 bits per heavy atom. The molecule has 0 saturated carbocycles. The number of carbonyl (C=O) groups is 1. The van der Waals surface area contributed by atoms with Crippen LogP contribution in [0.2, 0.25) is 0 Å². The first-order valence-corrected chi connectivity index (χ1v) is 9.07. The SMILES string of the molecule is Nc1c(F)cc(C2=CC3(CCN(CC(=O)O)CC3)Oc3ccccc32)cc1F. The number of fused-ring (bicyclic) bond motifs is 1. The van der Waals surface area contributed by atoms with Crippen LogP contribution in [0, 0.1) is 11.6 Å². The minimum Gasteiger partial charge on any atom is -0.482 e. The Labute approximate surface area is 161 Å². The summed E-state index contributed by atoms with van der Waals surface area (Å²) in [4.78, 5) is 12.8. The van der Waals surface area contributed by atoms with Gasteiger partial charge in [-0.15, -0.1) is 0 Å². The second-order valence-electron chi connectivity index (χ2n) is 7.24. The van der Waals surface area contributed by atoms with E-state index in [1.807, 2.05) is 35.2 Å². The minimum absolute atomic E-state index is 0.0162. The highest BCUT2D eigenvalue weighted by molar-refractivity contribution is 5.85. The molecule has 1 fully saturated rings. The number of nitrogen functional groups attached to an aromatic ring is 1. The lowest BCUT2D eigenvalue weighted by molar-refractivity contribution is -0.139. The molecule has 2 heterocycles. The lowest BCUT2D eigenvalue weighted by Gasteiger charge is -2.42. The molecule has 1 spiro atoms. The fourth-order valence-electron chi connectivity index (χ4n) is 3.87. The van der Waals surface area contributed by atoms with Gasteiger partial charge in [-0.2, -0.15) is 0 Å². The van der Waals surface area contributed by atoms with Crippen LogP contribution in [0.5, 0.6) is 5.75 Å². The van der Waals surface area contributed by atoms with Gasteiger partial charge in [0.1, 0.15) is 28.7 Å². The number of piperidine rings is 1. The van der Waals surface area contributed by atoms with Gasteiger partial charge in [-0.25, -0.2) is 8.78 Å². The molecule has 0 amide bonds. The van der Waals surface area contributed by atoms with Crippen molar-refractivity contribution in [2.45, 2.75) is 18.4 Å². The van der Waals surface area contributed by atoms with Crippen molar-refractivity contribution in [1.29, 1.82) is 0 Å². The van der Waals surface area contributed by atoms with Crippen molar-refractivity contribution in [3.63, 3.8) is 0 Å². The highest BCUT2D eigenvalue weighted by Gasteiger charge is 2.39. The van der Waals surface area contributed by atoms with Crippen LogP contribution >= 0.6 is 0 Å². The highest BCUT2D eigenvalue weighted by atomic mass is 19.1. The maximum atomic E-state index is 14.1. The van der Waals surface area contributed by atoms with Gasteiger partial charge in [0.2, 0.25) is 0 Å². The summed E-state index contributed by atoms with van der Waals surface area (Å²) in [5.74, 6) is -1.82. The predicted octanol–water partition coefficient (Wildman–Crippen LogP) is 3.29. The van der Waals surface area contributed by atoms with Gasteiger partial charge in [0.15, 0.2) is 0 Å². The average molecular weight is 386 g/mol. The van der Waals surface area contributed by atoms with Crippen molar-refractivity contribution in [3.8, 4) is 5.75 Å². The van der Waals surface area contributed by atoms with Crippen LogP contribution in [0.15, 0.2) is 42.5 Å². The maximum absolute atomic E-state index is 14.1. The van der Waals surface area contributed by atoms with E-state index < -0.39 is 28.9 Å². The number of hydrogen-bond donors (Lipinski definition) is 2. The van der Waals surface area contributed by atoms with Crippen molar-refractivity contribution in [2.24, 2.45) is 0 Å². The number of likely N-dealkylation sites (tertiary alicyclic amines) is 1. The smallest absolute Gasteiger partial charge is 0.317 e. The number of para-hydroxylation sites is 1. The number of benzene rings is 2. The number of nitrogens with two attached hydrogens (primary N) is 1. The third-order valence-corrected chi connectivity index (χ3v) is 5.35. The van der Waals surface area contributed by atoms with E-state index in [1.54, 1.807) is 0 Å². The summed E-state index contributed by atoms with van der Waals surface area (Å²) >= 11 is 0. The Balaban J connectivity index is 1.74. The summed E-state index contributed by atoms with van der Waals surface area (Å²) in [5.41, 5.74) is 6.11. The molecule has 0 radical (unpaired) electrons. The fraction of sp³-hybridized carbons (Fsp3) is 0.286. The third-order valence-electron chi connectivity index (χ3n) is 5.35. The molecule has 0 aromatic heterocycles. The monoisotopic (exact) mass is 386 g/mol. The van der Waals surface area contributed by atoms with Gasteiger partial charge in [0, 0.05) is 31.5 Å². The summed E-state index contributed by atoms with van der Waals surface area (Å²) < 4.78 is 34.5. The van der Waals surface area contributed by atoms with E-state index in [2.05, 4.69) is 0 Å². The Morgan fingerprint density at radius 3 is 2.46 bits per heavy atom. The lowest BCUT2D eigenvalue weighted by atomic mass is 9.83. The summed E-state index contributed by atoms with van der Waals surface area (Å²) in [6, 6.07) is 9.84. The quantitative estimate of drug-likeness (QED) is 0.792. The van der Waals surface area contributed by atoms with Crippen LogP contribution < -0.4 is 10.5 Å². The van der Waals surface area contributed by atoms with E-state index in [0.717, 1.165) is 5.56 Å². The number of halogens is 2. The van der Waals surface area contributed by atoms with Crippen LogP contribution in [0.1, 0.15) is 24.0 Å². The first-order valence-electron chi connectivity index (χ1n) is 9.07. The zero-order chi connectivity index (χ0) is 19.9. The molecule has 146 valence electrons. The number of nitrogens with zero attached hydrogens (tertiary/aromatic N) is 1. The summed E-state index contributed by atoms with van der Waals surface area (Å²) in [6.07, 6.45) is 3.08. The van der Waals surface area contributed by atoms with Crippen molar-refractivity contribution in [3.05, 3.63) is 65.2 Å². The maximum Gasteiger partial charge on any atom is 0.317 e. The highest BCUT2D eigenvalue weighted by Crippen LogP contribution is 2.43. The molecular formula is C21H20F2N2O3. The fourth-order valence-corrected chi connectivity index (χ4v) is 3.87. The van der Waals surface area contributed by atoms with Crippen LogP contribution in [-0.4, -0.2) is 41.2 Å². The molecule has 4 rings (SSSR count). The number of aliphatic carboxylic acids is 1. The predicted molar refractivity (Wildman–Crippen MR) is 101 cm³/mol. The number of ether oxygens (including phenoxy) is 1. The molecule has 0 atom stereocenters.